The van der Waals surface area contributed by atoms with Crippen LogP contribution >= 0.6 is 24.0 Å². The summed E-state index contributed by atoms with van der Waals surface area (Å²) in [6.07, 6.45) is 8.21. The number of ether oxygens (including phenoxy) is 1. The average Bonchev–Trinajstić information content (AvgIpc) is 3.06. The van der Waals surface area contributed by atoms with E-state index < -0.39 is 10.8 Å². The van der Waals surface area contributed by atoms with Gasteiger partial charge in [0.15, 0.2) is 5.96 Å². The van der Waals surface area contributed by atoms with E-state index in [1.54, 1.807) is 0 Å². The molecular weight excluding hydrogens is 425 g/mol. The van der Waals surface area contributed by atoms with Crippen LogP contribution in [-0.2, 0) is 15.5 Å². The molecule has 0 aromatic rings. The molecule has 4 unspecified atom stereocenters. The molecule has 1 saturated heterocycles. The summed E-state index contributed by atoms with van der Waals surface area (Å²) in [4.78, 5) is 4.31. The summed E-state index contributed by atoms with van der Waals surface area (Å²) in [6, 6.07) is 0.392. The fraction of sp³-hybridized carbons (Fsp3) is 0.938. The SMILES string of the molecule is CCS(=O)C1CCCC(NC(=NC)NCCC2CCCO2)C1.I. The van der Waals surface area contributed by atoms with Crippen molar-refractivity contribution in [3.8, 4) is 0 Å². The van der Waals surface area contributed by atoms with Crippen molar-refractivity contribution in [3.63, 3.8) is 0 Å². The first-order valence-electron chi connectivity index (χ1n) is 8.69. The fourth-order valence-electron chi connectivity index (χ4n) is 3.36. The molecule has 1 aliphatic heterocycles. The van der Waals surface area contributed by atoms with Crippen molar-refractivity contribution in [2.45, 2.75) is 69.3 Å². The lowest BCUT2D eigenvalue weighted by atomic mass is 9.95. The molecule has 2 rings (SSSR count). The predicted molar refractivity (Wildman–Crippen MR) is 108 cm³/mol. The summed E-state index contributed by atoms with van der Waals surface area (Å²) in [7, 11) is 1.14. The molecule has 23 heavy (non-hydrogen) atoms. The smallest absolute Gasteiger partial charge is 0.191 e. The van der Waals surface area contributed by atoms with Gasteiger partial charge in [-0.3, -0.25) is 9.20 Å². The van der Waals surface area contributed by atoms with Gasteiger partial charge in [0.05, 0.1) is 6.10 Å². The van der Waals surface area contributed by atoms with Gasteiger partial charge in [-0.1, -0.05) is 13.3 Å². The van der Waals surface area contributed by atoms with Crippen molar-refractivity contribution < 1.29 is 8.95 Å². The first kappa shape index (κ1) is 21.2. The van der Waals surface area contributed by atoms with Crippen LogP contribution in [0.3, 0.4) is 0 Å². The molecule has 1 heterocycles. The lowest BCUT2D eigenvalue weighted by Crippen LogP contribution is -2.47. The van der Waals surface area contributed by atoms with E-state index in [2.05, 4.69) is 15.6 Å². The van der Waals surface area contributed by atoms with Crippen molar-refractivity contribution in [3.05, 3.63) is 0 Å². The van der Waals surface area contributed by atoms with Crippen LogP contribution in [0.2, 0.25) is 0 Å². The van der Waals surface area contributed by atoms with Crippen molar-refractivity contribution >= 4 is 40.7 Å². The number of guanidine groups is 1. The van der Waals surface area contributed by atoms with E-state index in [0.29, 0.717) is 17.4 Å². The van der Waals surface area contributed by atoms with Gasteiger partial charge in [0.25, 0.3) is 0 Å². The summed E-state index contributed by atoms with van der Waals surface area (Å²) in [5, 5.41) is 7.24. The summed E-state index contributed by atoms with van der Waals surface area (Å²) < 4.78 is 17.6. The molecule has 0 aromatic carbocycles. The molecule has 4 atom stereocenters. The van der Waals surface area contributed by atoms with Gasteiger partial charge in [-0.05, 0) is 38.5 Å². The highest BCUT2D eigenvalue weighted by molar-refractivity contribution is 14.0. The fourth-order valence-corrected chi connectivity index (χ4v) is 4.71. The first-order valence-corrected chi connectivity index (χ1v) is 10.1. The summed E-state index contributed by atoms with van der Waals surface area (Å²) in [5.74, 6) is 1.64. The third-order valence-electron chi connectivity index (χ3n) is 4.63. The minimum atomic E-state index is -0.675. The molecule has 136 valence electrons. The molecule has 0 aromatic heterocycles. The minimum absolute atomic E-state index is 0. The normalized spacial score (nSPS) is 29.7. The number of hydrogen-bond donors (Lipinski definition) is 2. The van der Waals surface area contributed by atoms with Gasteiger partial charge in [0, 0.05) is 48.0 Å². The van der Waals surface area contributed by atoms with Gasteiger partial charge in [0.1, 0.15) is 0 Å². The van der Waals surface area contributed by atoms with E-state index in [4.69, 9.17) is 4.74 Å². The Morgan fingerprint density at radius 3 is 2.78 bits per heavy atom. The van der Waals surface area contributed by atoms with Gasteiger partial charge in [0.2, 0.25) is 0 Å². The molecule has 2 fully saturated rings. The third-order valence-corrected chi connectivity index (χ3v) is 6.37. The zero-order valence-corrected chi connectivity index (χ0v) is 17.5. The zero-order chi connectivity index (χ0) is 15.8. The van der Waals surface area contributed by atoms with Crippen LogP contribution in [0, 0.1) is 0 Å². The Hall–Kier alpha value is 0.110. The van der Waals surface area contributed by atoms with Crippen LogP contribution in [0.4, 0.5) is 0 Å². The maximum absolute atomic E-state index is 12.0. The van der Waals surface area contributed by atoms with E-state index in [1.807, 2.05) is 14.0 Å². The highest BCUT2D eigenvalue weighted by atomic mass is 127. The summed E-state index contributed by atoms with van der Waals surface area (Å²) in [5.41, 5.74) is 0. The zero-order valence-electron chi connectivity index (χ0n) is 14.4. The molecule has 1 aliphatic carbocycles. The van der Waals surface area contributed by atoms with Crippen LogP contribution in [0.1, 0.15) is 51.9 Å². The van der Waals surface area contributed by atoms with Crippen molar-refractivity contribution in [1.82, 2.24) is 10.6 Å². The van der Waals surface area contributed by atoms with Gasteiger partial charge in [-0.15, -0.1) is 24.0 Å². The number of nitrogens with zero attached hydrogens (tertiary/aromatic N) is 1. The average molecular weight is 457 g/mol. The molecule has 0 bridgehead atoms. The molecule has 0 spiro atoms. The number of rotatable bonds is 6. The Labute approximate surface area is 160 Å². The molecule has 0 radical (unpaired) electrons. The Morgan fingerprint density at radius 1 is 1.30 bits per heavy atom. The van der Waals surface area contributed by atoms with E-state index in [0.717, 1.165) is 57.0 Å². The van der Waals surface area contributed by atoms with Crippen molar-refractivity contribution in [1.29, 1.82) is 0 Å². The predicted octanol–water partition coefficient (Wildman–Crippen LogP) is 2.42. The van der Waals surface area contributed by atoms with Crippen LogP contribution in [0.25, 0.3) is 0 Å². The van der Waals surface area contributed by atoms with E-state index in [1.165, 1.54) is 12.8 Å². The maximum atomic E-state index is 12.0. The van der Waals surface area contributed by atoms with Crippen LogP contribution < -0.4 is 10.6 Å². The van der Waals surface area contributed by atoms with Gasteiger partial charge < -0.3 is 15.4 Å². The molecular formula is C16H32IN3O2S. The Morgan fingerprint density at radius 2 is 2.13 bits per heavy atom. The van der Waals surface area contributed by atoms with E-state index in [9.17, 15) is 4.21 Å². The second-order valence-corrected chi connectivity index (χ2v) is 8.23. The number of aliphatic imine (C=N–C) groups is 1. The molecule has 7 heteroatoms. The second-order valence-electron chi connectivity index (χ2n) is 6.22. The lowest BCUT2D eigenvalue weighted by molar-refractivity contribution is 0.105. The Kier molecular flexibility index (Phi) is 10.7. The number of halogens is 1. The summed E-state index contributed by atoms with van der Waals surface area (Å²) in [6.45, 7) is 3.82. The van der Waals surface area contributed by atoms with Crippen molar-refractivity contribution in [2.24, 2.45) is 4.99 Å². The number of nitrogens with one attached hydrogen (secondary N) is 2. The Balaban J connectivity index is 0.00000264. The molecule has 2 N–H and O–H groups in total. The first-order chi connectivity index (χ1) is 10.7. The van der Waals surface area contributed by atoms with Crippen LogP contribution in [-0.4, -0.2) is 53.5 Å². The van der Waals surface area contributed by atoms with Crippen molar-refractivity contribution in [2.75, 3.05) is 26.0 Å². The number of hydrogen-bond acceptors (Lipinski definition) is 3. The maximum Gasteiger partial charge on any atom is 0.191 e. The van der Waals surface area contributed by atoms with E-state index in [-0.39, 0.29) is 24.0 Å². The van der Waals surface area contributed by atoms with Gasteiger partial charge >= 0.3 is 0 Å². The molecule has 5 nitrogen and oxygen atoms in total. The highest BCUT2D eigenvalue weighted by Crippen LogP contribution is 2.23. The monoisotopic (exact) mass is 457 g/mol. The van der Waals surface area contributed by atoms with E-state index >= 15 is 0 Å². The molecule has 2 aliphatic rings. The largest absolute Gasteiger partial charge is 0.378 e. The van der Waals surface area contributed by atoms with Gasteiger partial charge in [-0.25, -0.2) is 0 Å². The Bertz CT molecular complexity index is 390. The van der Waals surface area contributed by atoms with Gasteiger partial charge in [-0.2, -0.15) is 0 Å². The summed E-state index contributed by atoms with van der Waals surface area (Å²) >= 11 is 0. The minimum Gasteiger partial charge on any atom is -0.378 e. The molecule has 0 amide bonds. The third kappa shape index (κ3) is 7.25. The quantitative estimate of drug-likeness (QED) is 0.366. The highest BCUT2D eigenvalue weighted by Gasteiger charge is 2.26. The lowest BCUT2D eigenvalue weighted by Gasteiger charge is -2.30. The standard InChI is InChI=1S/C16H31N3O2S.HI/c1-3-22(20)15-8-4-6-13(12-15)19-16(17-2)18-10-9-14-7-5-11-21-14;/h13-15H,3-12H2,1-2H3,(H2,17,18,19);1H. The molecule has 1 saturated carbocycles. The van der Waals surface area contributed by atoms with Crippen LogP contribution in [0.15, 0.2) is 4.99 Å². The second kappa shape index (κ2) is 11.6. The van der Waals surface area contributed by atoms with Crippen LogP contribution in [0.5, 0.6) is 0 Å². The topological polar surface area (TPSA) is 62.7 Å².